The van der Waals surface area contributed by atoms with E-state index in [9.17, 15) is 18.0 Å². The molecule has 1 aliphatic heterocycles. The number of carbonyl (C=O) groups is 2. The minimum absolute atomic E-state index is 0.0693. The van der Waals surface area contributed by atoms with E-state index in [2.05, 4.69) is 10.0 Å². The molecule has 2 rings (SSSR count). The first kappa shape index (κ1) is 20.2. The molecule has 144 valence electrons. The Hall–Kier alpha value is -2.13. The van der Waals surface area contributed by atoms with Gasteiger partial charge < -0.3 is 16.0 Å². The average Bonchev–Trinajstić information content (AvgIpc) is 2.57. The van der Waals surface area contributed by atoms with Crippen LogP contribution in [0.4, 0.5) is 11.4 Å². The van der Waals surface area contributed by atoms with Crippen LogP contribution in [0.15, 0.2) is 18.2 Å². The van der Waals surface area contributed by atoms with Crippen molar-refractivity contribution < 1.29 is 18.0 Å². The van der Waals surface area contributed by atoms with Gasteiger partial charge in [-0.15, -0.1) is 0 Å². The molecule has 0 aliphatic carbocycles. The normalized spacial score (nSPS) is 14.2. The van der Waals surface area contributed by atoms with Gasteiger partial charge in [0.05, 0.1) is 12.3 Å². The molecule has 0 saturated carbocycles. The molecule has 0 spiro atoms. The van der Waals surface area contributed by atoms with Crippen LogP contribution in [0.5, 0.6) is 0 Å². The number of amides is 2. The van der Waals surface area contributed by atoms with Crippen LogP contribution < -0.4 is 20.7 Å². The fourth-order valence-corrected chi connectivity index (χ4v) is 3.83. The predicted molar refractivity (Wildman–Crippen MR) is 101 cm³/mol. The van der Waals surface area contributed by atoms with E-state index < -0.39 is 15.9 Å². The summed E-state index contributed by atoms with van der Waals surface area (Å²) in [5, 5.41) is 2.60. The van der Waals surface area contributed by atoms with E-state index in [4.69, 9.17) is 5.73 Å². The zero-order valence-corrected chi connectivity index (χ0v) is 15.9. The van der Waals surface area contributed by atoms with Crippen molar-refractivity contribution in [2.75, 3.05) is 29.5 Å². The molecule has 0 radical (unpaired) electrons. The lowest BCUT2D eigenvalue weighted by Gasteiger charge is -2.30. The van der Waals surface area contributed by atoms with Gasteiger partial charge in [0.1, 0.15) is 0 Å². The largest absolute Gasteiger partial charge is 0.398 e. The Morgan fingerprint density at radius 1 is 1.31 bits per heavy atom. The second kappa shape index (κ2) is 8.50. The Bertz CT molecular complexity index is 777. The summed E-state index contributed by atoms with van der Waals surface area (Å²) >= 11 is 0. The maximum absolute atomic E-state index is 12.5. The summed E-state index contributed by atoms with van der Waals surface area (Å²) in [7, 11) is -3.71. The smallest absolute Gasteiger partial charge is 0.235 e. The number of hydrogen-bond acceptors (Lipinski definition) is 5. The summed E-state index contributed by atoms with van der Waals surface area (Å²) in [6.45, 7) is 3.78. The quantitative estimate of drug-likeness (QED) is 0.589. The van der Waals surface area contributed by atoms with Crippen LogP contribution in [0.3, 0.4) is 0 Å². The molecule has 1 aromatic carbocycles. The Morgan fingerprint density at radius 2 is 2.04 bits per heavy atom. The summed E-state index contributed by atoms with van der Waals surface area (Å²) in [6.07, 6.45) is 1.43. The number of sulfonamides is 1. The molecular weight excluding hydrogens is 356 g/mol. The van der Waals surface area contributed by atoms with E-state index in [1.807, 2.05) is 6.07 Å². The molecular formula is C17H26N4O4S. The highest BCUT2D eigenvalue weighted by atomic mass is 32.2. The topological polar surface area (TPSA) is 122 Å². The number of carbonyl (C=O) groups excluding carboxylic acids is 2. The number of nitrogens with zero attached hydrogens (tertiary/aromatic N) is 1. The molecule has 4 N–H and O–H groups in total. The van der Waals surface area contributed by atoms with Gasteiger partial charge in [0, 0.05) is 30.4 Å². The van der Waals surface area contributed by atoms with Crippen LogP contribution in [-0.4, -0.2) is 45.1 Å². The Labute approximate surface area is 154 Å². The van der Waals surface area contributed by atoms with Crippen molar-refractivity contribution in [3.8, 4) is 0 Å². The molecule has 26 heavy (non-hydrogen) atoms. The number of nitrogens with one attached hydrogen (secondary N) is 2. The lowest BCUT2D eigenvalue weighted by atomic mass is 9.99. The number of nitrogen functional groups attached to an aromatic ring is 1. The molecule has 0 aromatic heterocycles. The molecule has 0 bridgehead atoms. The third kappa shape index (κ3) is 5.43. The molecule has 8 nitrogen and oxygen atoms in total. The van der Waals surface area contributed by atoms with Gasteiger partial charge >= 0.3 is 0 Å². The number of fused-ring (bicyclic) bond motifs is 1. The van der Waals surface area contributed by atoms with Crippen molar-refractivity contribution in [1.82, 2.24) is 10.0 Å². The molecule has 0 unspecified atom stereocenters. The van der Waals surface area contributed by atoms with E-state index in [0.29, 0.717) is 12.2 Å². The van der Waals surface area contributed by atoms with Gasteiger partial charge in [-0.1, -0.05) is 6.07 Å². The standard InChI is InChI=1S/C17H26N4O4S/c1-12(2)20-16(22)11-19-26(24,25)10-8-17(23)21-9-4-5-13-14(18)6-3-7-15(13)21/h3,6-7,12,19H,4-5,8-11,18H2,1-2H3,(H,20,22). The fourth-order valence-electron chi connectivity index (χ4n) is 2.89. The lowest BCUT2D eigenvalue weighted by molar-refractivity contribution is -0.120. The molecule has 2 amide bonds. The summed E-state index contributed by atoms with van der Waals surface area (Å²) in [5.74, 6) is -1.04. The van der Waals surface area contributed by atoms with Crippen LogP contribution in [0, 0.1) is 0 Å². The first-order valence-corrected chi connectivity index (χ1v) is 10.3. The summed E-state index contributed by atoms with van der Waals surface area (Å²) < 4.78 is 26.3. The highest BCUT2D eigenvalue weighted by Crippen LogP contribution is 2.31. The zero-order chi connectivity index (χ0) is 19.3. The van der Waals surface area contributed by atoms with Crippen molar-refractivity contribution in [1.29, 1.82) is 0 Å². The molecule has 1 heterocycles. The molecule has 9 heteroatoms. The first-order valence-electron chi connectivity index (χ1n) is 8.64. The number of nitrogens with two attached hydrogens (primary N) is 1. The van der Waals surface area contributed by atoms with Crippen molar-refractivity contribution in [2.45, 2.75) is 39.2 Å². The average molecular weight is 382 g/mol. The molecule has 0 fully saturated rings. The van der Waals surface area contributed by atoms with Crippen molar-refractivity contribution in [2.24, 2.45) is 0 Å². The highest BCUT2D eigenvalue weighted by Gasteiger charge is 2.25. The monoisotopic (exact) mass is 382 g/mol. The maximum Gasteiger partial charge on any atom is 0.235 e. The van der Waals surface area contributed by atoms with Crippen LogP contribution in [0.25, 0.3) is 0 Å². The van der Waals surface area contributed by atoms with Crippen molar-refractivity contribution in [3.05, 3.63) is 23.8 Å². The van der Waals surface area contributed by atoms with Gasteiger partial charge in [-0.3, -0.25) is 9.59 Å². The van der Waals surface area contributed by atoms with Crippen molar-refractivity contribution >= 4 is 33.2 Å². The SMILES string of the molecule is CC(C)NC(=O)CNS(=O)(=O)CCC(=O)N1CCCc2c(N)cccc21. The third-order valence-corrected chi connectivity index (χ3v) is 5.40. The predicted octanol–water partition coefficient (Wildman–Crippen LogP) is 0.382. The van der Waals surface area contributed by atoms with E-state index in [0.717, 1.165) is 24.1 Å². The molecule has 0 saturated heterocycles. The van der Waals surface area contributed by atoms with Gasteiger partial charge in [0.2, 0.25) is 21.8 Å². The number of benzene rings is 1. The minimum Gasteiger partial charge on any atom is -0.398 e. The van der Waals surface area contributed by atoms with Gasteiger partial charge in [-0.25, -0.2) is 13.1 Å². The molecule has 0 atom stereocenters. The second-order valence-electron chi connectivity index (χ2n) is 6.61. The van der Waals surface area contributed by atoms with Gasteiger partial charge in [-0.2, -0.15) is 0 Å². The number of hydrogen-bond donors (Lipinski definition) is 3. The van der Waals surface area contributed by atoms with Crippen LogP contribution in [0.2, 0.25) is 0 Å². The molecule has 1 aliphatic rings. The maximum atomic E-state index is 12.5. The molecule has 1 aromatic rings. The van der Waals surface area contributed by atoms with Gasteiger partial charge in [0.15, 0.2) is 0 Å². The first-order chi connectivity index (χ1) is 12.2. The van der Waals surface area contributed by atoms with Crippen LogP contribution >= 0.6 is 0 Å². The zero-order valence-electron chi connectivity index (χ0n) is 15.1. The Balaban J connectivity index is 1.93. The second-order valence-corrected chi connectivity index (χ2v) is 8.53. The summed E-state index contributed by atoms with van der Waals surface area (Å²) in [5.41, 5.74) is 8.29. The Morgan fingerprint density at radius 3 is 2.73 bits per heavy atom. The van der Waals surface area contributed by atoms with E-state index >= 15 is 0 Å². The third-order valence-electron chi connectivity index (χ3n) is 4.07. The lowest BCUT2D eigenvalue weighted by Crippen LogP contribution is -2.41. The van der Waals surface area contributed by atoms with Crippen LogP contribution in [0.1, 0.15) is 32.3 Å². The van der Waals surface area contributed by atoms with E-state index in [1.165, 1.54) is 0 Å². The number of rotatable bonds is 7. The van der Waals surface area contributed by atoms with Gasteiger partial charge in [0.25, 0.3) is 0 Å². The highest BCUT2D eigenvalue weighted by molar-refractivity contribution is 7.89. The van der Waals surface area contributed by atoms with E-state index in [1.54, 1.807) is 30.9 Å². The summed E-state index contributed by atoms with van der Waals surface area (Å²) in [6, 6.07) is 5.33. The van der Waals surface area contributed by atoms with Gasteiger partial charge in [-0.05, 0) is 44.4 Å². The summed E-state index contributed by atoms with van der Waals surface area (Å²) in [4.78, 5) is 25.6. The van der Waals surface area contributed by atoms with Crippen molar-refractivity contribution in [3.63, 3.8) is 0 Å². The minimum atomic E-state index is -3.71. The number of anilines is 2. The van der Waals surface area contributed by atoms with E-state index in [-0.39, 0.29) is 30.7 Å². The fraction of sp³-hybridized carbons (Fsp3) is 0.529. The van der Waals surface area contributed by atoms with Crippen LogP contribution in [-0.2, 0) is 26.0 Å². The Kier molecular flexibility index (Phi) is 6.60.